The molecule has 0 saturated carbocycles. The van der Waals surface area contributed by atoms with Crippen molar-refractivity contribution in [2.75, 3.05) is 0 Å². The molecule has 0 spiro atoms. The van der Waals surface area contributed by atoms with E-state index in [1.54, 1.807) is 0 Å². The first kappa shape index (κ1) is 8.54. The van der Waals surface area contributed by atoms with Crippen molar-refractivity contribution >= 4 is 24.0 Å². The number of rotatable bonds is 2. The van der Waals surface area contributed by atoms with Gasteiger partial charge in [-0.1, -0.05) is 0 Å². The number of hydrogen-bond donors (Lipinski definition) is 3. The Kier molecular flexibility index (Phi) is 4.72. The molecule has 0 aromatic heterocycles. The number of hydrogen-bond acceptors (Lipinski definition) is 2. The topological polar surface area (TPSA) is 87.0 Å². The van der Waals surface area contributed by atoms with Gasteiger partial charge in [-0.2, -0.15) is 4.89 Å². The third-order valence-corrected chi connectivity index (χ3v) is 2.63. The highest BCUT2D eigenvalue weighted by Gasteiger charge is 2.27. The molecule has 0 amide bonds. The van der Waals surface area contributed by atoms with Gasteiger partial charge in [-0.15, -0.1) is 4.89 Å². The maximum absolute atomic E-state index is 9.64. The van der Waals surface area contributed by atoms with Crippen LogP contribution in [-0.4, -0.2) is 14.7 Å². The molecule has 0 bridgehead atoms. The average molecular weight is 176 g/mol. The predicted molar refractivity (Wildman–Crippen MR) is 29.2 cm³/mol. The Labute approximate surface area is 48.5 Å². The van der Waals surface area contributed by atoms with Crippen LogP contribution in [-0.2, 0) is 8.88 Å². The molecule has 0 saturated heterocycles. The lowest BCUT2D eigenvalue weighted by Gasteiger charge is -1.59. The van der Waals surface area contributed by atoms with Crippen LogP contribution < -0.4 is 0 Å². The van der Waals surface area contributed by atoms with Gasteiger partial charge in [0, 0.05) is 4.57 Å². The molecule has 0 heterocycles. The van der Waals surface area contributed by atoms with E-state index in [1.807, 2.05) is 0 Å². The zero-order chi connectivity index (χ0) is 6.57. The first-order valence-electron chi connectivity index (χ1n) is 1.35. The van der Waals surface area contributed by atoms with Crippen LogP contribution in [0, 0.1) is 0 Å². The van der Waals surface area contributed by atoms with E-state index >= 15 is 0 Å². The second kappa shape index (κ2) is 4.42. The average Bonchev–Trinajstić information content (AvgIpc) is 1.65. The largest absolute Gasteiger partial charge is 0.741 e. The molecule has 3 N–H and O–H groups in total. The van der Waals surface area contributed by atoms with E-state index in [1.165, 1.54) is 0 Å². The van der Waals surface area contributed by atoms with Crippen molar-refractivity contribution in [3.63, 3.8) is 0 Å². The summed E-state index contributed by atoms with van der Waals surface area (Å²) in [6.45, 7) is 0. The molecule has 2 unspecified atom stereocenters. The highest BCUT2D eigenvalue weighted by Crippen LogP contribution is 2.39. The van der Waals surface area contributed by atoms with Crippen molar-refractivity contribution in [2.24, 2.45) is 0 Å². The van der Waals surface area contributed by atoms with E-state index in [9.17, 15) is 4.57 Å². The van der Waals surface area contributed by atoms with Gasteiger partial charge in [-0.05, 0) is 0 Å². The summed E-state index contributed by atoms with van der Waals surface area (Å²) in [5.41, 5.74) is 0. The second-order valence-electron chi connectivity index (χ2n) is 0.662. The van der Waals surface area contributed by atoms with Gasteiger partial charge >= 0.3 is 24.0 Å². The standard InChI is InChI=1S/H2O5P3/c1-6-8(4)5-7(2)3/h(H2-,1,2,3,4)/q+1/p+1. The van der Waals surface area contributed by atoms with E-state index in [0.29, 0.717) is 0 Å². The monoisotopic (exact) mass is 176 g/mol. The van der Waals surface area contributed by atoms with Crippen molar-refractivity contribution < 1.29 is 23.6 Å². The van der Waals surface area contributed by atoms with Crippen LogP contribution in [0.1, 0.15) is 0 Å². The minimum Gasteiger partial charge on any atom is -0.304 e. The molecular weight excluding hydrogens is 173 g/mol. The van der Waals surface area contributed by atoms with Crippen molar-refractivity contribution in [2.45, 2.75) is 0 Å². The summed E-state index contributed by atoms with van der Waals surface area (Å²) in [4.78, 5) is 24.1. The lowest BCUT2D eigenvalue weighted by atomic mass is 15.8. The van der Waals surface area contributed by atoms with Gasteiger partial charge in [-0.25, -0.2) is 0 Å². The van der Waals surface area contributed by atoms with Gasteiger partial charge in [0.05, 0.1) is 0 Å². The van der Waals surface area contributed by atoms with Gasteiger partial charge in [-0.3, -0.25) is 0 Å². The third kappa shape index (κ3) is 4.69. The van der Waals surface area contributed by atoms with Crippen molar-refractivity contribution in [1.82, 2.24) is 0 Å². The summed E-state index contributed by atoms with van der Waals surface area (Å²) >= 11 is 0. The molecule has 0 radical (unpaired) electrons. The Balaban J connectivity index is 3.56. The van der Waals surface area contributed by atoms with Crippen molar-refractivity contribution in [1.29, 1.82) is 0 Å². The lowest BCUT2D eigenvalue weighted by molar-refractivity contribution is 0.409. The van der Waals surface area contributed by atoms with Crippen LogP contribution in [0.4, 0.5) is 0 Å². The van der Waals surface area contributed by atoms with Gasteiger partial charge in [0.25, 0.3) is 0 Å². The Morgan fingerprint density at radius 1 is 1.50 bits per heavy atom. The fraction of sp³-hybridized carbons (Fsp3) is 0. The first-order chi connectivity index (χ1) is 3.66. The molecule has 0 aromatic carbocycles. The maximum Gasteiger partial charge on any atom is 0.741 e. The summed E-state index contributed by atoms with van der Waals surface area (Å²) in [5, 5.41) is 0. The molecule has 5 nitrogen and oxygen atoms in total. The van der Waals surface area contributed by atoms with Crippen LogP contribution in [0.2, 0.25) is 0 Å². The SMILES string of the molecule is O=[P+](O)O[P+](O)=PO. The van der Waals surface area contributed by atoms with Crippen LogP contribution in [0.3, 0.4) is 0 Å². The zero-order valence-electron chi connectivity index (χ0n) is 3.50. The summed E-state index contributed by atoms with van der Waals surface area (Å²) < 4.78 is 13.5. The van der Waals surface area contributed by atoms with Gasteiger partial charge < -0.3 is 4.89 Å². The molecule has 0 aliphatic rings. The minimum atomic E-state index is -2.78. The molecule has 0 aromatic rings. The Hall–Kier alpha value is 0.540. The van der Waals surface area contributed by atoms with Gasteiger partial charge in [0.15, 0.2) is 0 Å². The Bertz CT molecular complexity index is 115. The molecule has 46 valence electrons. The molecule has 0 aliphatic heterocycles. The van der Waals surface area contributed by atoms with Crippen LogP contribution in [0.25, 0.3) is 0 Å². The van der Waals surface area contributed by atoms with Gasteiger partial charge in [0.1, 0.15) is 4.31 Å². The fourth-order valence-corrected chi connectivity index (χ4v) is 1.57. The quantitative estimate of drug-likeness (QED) is 0.539. The lowest BCUT2D eigenvalue weighted by Crippen LogP contribution is -1.57. The molecule has 8 heavy (non-hydrogen) atoms. The van der Waals surface area contributed by atoms with E-state index < -0.39 is 24.0 Å². The third-order valence-electron chi connectivity index (χ3n) is 0.219. The van der Waals surface area contributed by atoms with E-state index in [-0.39, 0.29) is 0 Å². The highest BCUT2D eigenvalue weighted by atomic mass is 31.8. The molecule has 0 aliphatic carbocycles. The van der Waals surface area contributed by atoms with Crippen molar-refractivity contribution in [3.8, 4) is 0 Å². The van der Waals surface area contributed by atoms with E-state index in [4.69, 9.17) is 14.7 Å². The molecule has 8 heteroatoms. The minimum absolute atomic E-state index is 0.407. The van der Waals surface area contributed by atoms with Gasteiger partial charge in [0.2, 0.25) is 0 Å². The summed E-state index contributed by atoms with van der Waals surface area (Å²) in [6, 6.07) is 0. The summed E-state index contributed by atoms with van der Waals surface area (Å²) in [6.07, 6.45) is 0. The molecule has 0 rings (SSSR count). The maximum atomic E-state index is 9.64. The van der Waals surface area contributed by atoms with E-state index in [0.717, 1.165) is 0 Å². The normalized spacial score (nSPS) is 13.9. The fourth-order valence-electron chi connectivity index (χ4n) is 0.0788. The van der Waals surface area contributed by atoms with Crippen molar-refractivity contribution in [3.05, 3.63) is 0 Å². The van der Waals surface area contributed by atoms with Crippen LogP contribution in [0.15, 0.2) is 0 Å². The molecule has 0 fully saturated rings. The first-order valence-corrected chi connectivity index (χ1v) is 5.24. The molecule has 2 atom stereocenters. The molecular formula is H3O5P3+2. The van der Waals surface area contributed by atoms with Crippen LogP contribution >= 0.6 is 24.0 Å². The van der Waals surface area contributed by atoms with Crippen LogP contribution in [0.5, 0.6) is 0 Å². The predicted octanol–water partition coefficient (Wildman–Crippen LogP) is 0.725. The summed E-state index contributed by atoms with van der Waals surface area (Å²) in [7, 11) is -5.31. The zero-order valence-corrected chi connectivity index (χ0v) is 6.18. The highest BCUT2D eigenvalue weighted by molar-refractivity contribution is 7.87. The second-order valence-corrected chi connectivity index (χ2v) is 4.04. The summed E-state index contributed by atoms with van der Waals surface area (Å²) in [5.74, 6) is 0. The Morgan fingerprint density at radius 3 is 2.12 bits per heavy atom. The smallest absolute Gasteiger partial charge is 0.304 e. The Morgan fingerprint density at radius 2 is 2.00 bits per heavy atom. The van der Waals surface area contributed by atoms with E-state index in [2.05, 4.69) is 4.31 Å².